The Morgan fingerprint density at radius 3 is 2.89 bits per heavy atom. The van der Waals surface area contributed by atoms with Crippen molar-refractivity contribution < 1.29 is 9.66 Å². The first-order valence-corrected chi connectivity index (χ1v) is 7.45. The Kier molecular flexibility index (Phi) is 4.63. The van der Waals surface area contributed by atoms with Gasteiger partial charge in [0.25, 0.3) is 5.44 Å². The fraction of sp³-hybridized carbons (Fsp3) is 0.462. The molecule has 1 N–H and O–H groups in total. The smallest absolute Gasteiger partial charge is 0.324 e. The monoisotopic (exact) mass is 265 g/mol. The minimum atomic E-state index is -1.59. The molecule has 0 spiro atoms. The molecule has 2 rings (SSSR count). The third-order valence-corrected chi connectivity index (χ3v) is 4.13. The summed E-state index contributed by atoms with van der Waals surface area (Å²) in [6.07, 6.45) is 3.34. The summed E-state index contributed by atoms with van der Waals surface area (Å²) in [5.74, 6) is 0. The van der Waals surface area contributed by atoms with E-state index in [0.717, 1.165) is 30.3 Å². The lowest BCUT2D eigenvalue weighted by Gasteiger charge is -2.11. The zero-order valence-corrected chi connectivity index (χ0v) is 11.2. The first-order valence-electron chi connectivity index (χ1n) is 6.23. The van der Waals surface area contributed by atoms with Crippen molar-refractivity contribution in [1.82, 2.24) is 9.97 Å². The van der Waals surface area contributed by atoms with E-state index in [9.17, 15) is 9.66 Å². The predicted molar refractivity (Wildman–Crippen MR) is 71.1 cm³/mol. The van der Waals surface area contributed by atoms with Crippen molar-refractivity contribution in [2.45, 2.75) is 43.2 Å². The standard InChI is InChI=1S/C13H17N2O2S/c1-2-3-4-9-12(16)18(17)13-14-10-7-5-6-8-11(10)15-13/h5-8,12H,2-4,9H2,1H3,(H,14,15). The molecule has 0 aliphatic heterocycles. The molecule has 0 bridgehead atoms. The summed E-state index contributed by atoms with van der Waals surface area (Å²) in [5.41, 5.74) is 0.486. The fourth-order valence-corrected chi connectivity index (χ4v) is 2.85. The minimum absolute atomic E-state index is 0.299. The fourth-order valence-electron chi connectivity index (χ4n) is 1.82. The van der Waals surface area contributed by atoms with Gasteiger partial charge in [-0.25, -0.2) is 0 Å². The number of benzene rings is 1. The maximum Gasteiger partial charge on any atom is 0.324 e. The maximum atomic E-state index is 12.0. The molecule has 5 heteroatoms. The molecular weight excluding hydrogens is 248 g/mol. The highest BCUT2D eigenvalue weighted by Gasteiger charge is 2.26. The Balaban J connectivity index is 2.05. The second-order valence-corrected chi connectivity index (χ2v) is 5.79. The molecule has 4 nitrogen and oxygen atoms in total. The van der Waals surface area contributed by atoms with Crippen LogP contribution in [0.2, 0.25) is 0 Å². The molecule has 18 heavy (non-hydrogen) atoms. The molecular formula is C13H17N2O2S. The third-order valence-electron chi connectivity index (χ3n) is 2.84. The lowest BCUT2D eigenvalue weighted by molar-refractivity contribution is 0.143. The molecule has 0 aliphatic rings. The van der Waals surface area contributed by atoms with Crippen LogP contribution in [-0.4, -0.2) is 20.0 Å². The van der Waals surface area contributed by atoms with Crippen LogP contribution < -0.4 is 0 Å². The average Bonchev–Trinajstić information content (AvgIpc) is 2.81. The van der Waals surface area contributed by atoms with E-state index in [1.807, 2.05) is 24.3 Å². The van der Waals surface area contributed by atoms with Gasteiger partial charge in [-0.3, -0.25) is 4.98 Å². The number of nitrogens with one attached hydrogen (secondary N) is 1. The summed E-state index contributed by atoms with van der Waals surface area (Å²) in [7, 11) is 0. The Labute approximate surface area is 110 Å². The van der Waals surface area contributed by atoms with Crippen LogP contribution in [0.5, 0.6) is 0 Å². The normalized spacial score (nSPS) is 14.8. The Morgan fingerprint density at radius 1 is 1.39 bits per heavy atom. The number of hydrogen-bond acceptors (Lipinski definition) is 2. The Bertz CT molecular complexity index is 467. The van der Waals surface area contributed by atoms with Gasteiger partial charge in [0.2, 0.25) is 0 Å². The van der Waals surface area contributed by atoms with Gasteiger partial charge >= 0.3 is 5.16 Å². The van der Waals surface area contributed by atoms with Gasteiger partial charge < -0.3 is 4.55 Å². The van der Waals surface area contributed by atoms with Gasteiger partial charge in [-0.05, 0) is 18.6 Å². The predicted octanol–water partition coefficient (Wildman–Crippen LogP) is 3.01. The highest BCUT2D eigenvalue weighted by Crippen LogP contribution is 2.20. The number of H-pyrrole nitrogens is 1. The van der Waals surface area contributed by atoms with Crippen LogP contribution in [0.15, 0.2) is 29.4 Å². The van der Waals surface area contributed by atoms with Gasteiger partial charge in [-0.15, -0.1) is 0 Å². The van der Waals surface area contributed by atoms with Crippen molar-refractivity contribution in [3.8, 4) is 0 Å². The van der Waals surface area contributed by atoms with E-state index in [1.165, 1.54) is 0 Å². The summed E-state index contributed by atoms with van der Waals surface area (Å²) < 4.78 is 12.0. The maximum absolute atomic E-state index is 12.0. The number of fused-ring (bicyclic) bond motifs is 1. The minimum Gasteiger partial charge on any atom is -0.607 e. The second kappa shape index (κ2) is 6.22. The highest BCUT2D eigenvalue weighted by molar-refractivity contribution is 7.91. The number of para-hydroxylation sites is 2. The van der Waals surface area contributed by atoms with Crippen LogP contribution in [0.4, 0.5) is 0 Å². The number of imidazole rings is 1. The molecule has 2 aromatic rings. The number of unbranched alkanes of at least 4 members (excludes halogenated alkanes) is 2. The van der Waals surface area contributed by atoms with Crippen LogP contribution in [-0.2, 0) is 16.3 Å². The SMILES string of the molecule is CCCCCC([O])[S+]([O-])c1nc2ccccc2[nH]1. The zero-order valence-electron chi connectivity index (χ0n) is 10.4. The van der Waals surface area contributed by atoms with Gasteiger partial charge in [0.15, 0.2) is 0 Å². The molecule has 0 fully saturated rings. The summed E-state index contributed by atoms with van der Waals surface area (Å²) in [6, 6.07) is 7.44. The first kappa shape index (κ1) is 13.4. The van der Waals surface area contributed by atoms with E-state index in [1.54, 1.807) is 0 Å². The first-order chi connectivity index (χ1) is 8.72. The highest BCUT2D eigenvalue weighted by atomic mass is 32.2. The Hall–Kier alpha value is -1.04. The van der Waals surface area contributed by atoms with E-state index in [-0.39, 0.29) is 0 Å². The van der Waals surface area contributed by atoms with Crippen molar-refractivity contribution in [1.29, 1.82) is 0 Å². The van der Waals surface area contributed by atoms with Gasteiger partial charge in [0.1, 0.15) is 0 Å². The largest absolute Gasteiger partial charge is 0.607 e. The van der Waals surface area contributed by atoms with Crippen molar-refractivity contribution in [2.24, 2.45) is 0 Å². The number of aromatic nitrogens is 2. The van der Waals surface area contributed by atoms with Crippen LogP contribution in [0.1, 0.15) is 32.6 Å². The molecule has 0 saturated heterocycles. The number of nitrogens with zero attached hydrogens (tertiary/aromatic N) is 1. The van der Waals surface area contributed by atoms with E-state index in [0.29, 0.717) is 11.6 Å². The van der Waals surface area contributed by atoms with Crippen molar-refractivity contribution >= 4 is 22.2 Å². The van der Waals surface area contributed by atoms with E-state index < -0.39 is 16.6 Å². The molecule has 1 aromatic heterocycles. The quantitative estimate of drug-likeness (QED) is 0.644. The van der Waals surface area contributed by atoms with Crippen LogP contribution in [0.25, 0.3) is 11.0 Å². The molecule has 2 atom stereocenters. The molecule has 0 amide bonds. The zero-order chi connectivity index (χ0) is 13.0. The molecule has 1 aromatic carbocycles. The lowest BCUT2D eigenvalue weighted by Crippen LogP contribution is -2.20. The third kappa shape index (κ3) is 3.04. The average molecular weight is 265 g/mol. The molecule has 0 aliphatic carbocycles. The van der Waals surface area contributed by atoms with Crippen molar-refractivity contribution in [3.63, 3.8) is 0 Å². The molecule has 1 radical (unpaired) electrons. The van der Waals surface area contributed by atoms with E-state index in [4.69, 9.17) is 0 Å². The van der Waals surface area contributed by atoms with Crippen LogP contribution in [0, 0.1) is 0 Å². The molecule has 97 valence electrons. The van der Waals surface area contributed by atoms with Gasteiger partial charge in [0, 0.05) is 6.42 Å². The molecule has 1 heterocycles. The van der Waals surface area contributed by atoms with Gasteiger partial charge in [0.05, 0.1) is 22.2 Å². The van der Waals surface area contributed by atoms with Gasteiger partial charge in [-0.2, -0.15) is 10.1 Å². The van der Waals surface area contributed by atoms with Crippen molar-refractivity contribution in [2.75, 3.05) is 0 Å². The Morgan fingerprint density at radius 2 is 2.17 bits per heavy atom. The van der Waals surface area contributed by atoms with E-state index >= 15 is 0 Å². The van der Waals surface area contributed by atoms with Crippen LogP contribution >= 0.6 is 0 Å². The second-order valence-electron chi connectivity index (χ2n) is 4.28. The number of aromatic amines is 1. The summed E-state index contributed by atoms with van der Waals surface area (Å²) >= 11 is -1.59. The molecule has 2 unspecified atom stereocenters. The molecule has 0 saturated carbocycles. The summed E-state index contributed by atoms with van der Waals surface area (Å²) in [5, 5.41) is 12.1. The lowest BCUT2D eigenvalue weighted by atomic mass is 10.2. The topological polar surface area (TPSA) is 71.6 Å². The number of hydrogen-bond donors (Lipinski definition) is 1. The number of rotatable bonds is 6. The van der Waals surface area contributed by atoms with Gasteiger partial charge in [-0.1, -0.05) is 31.9 Å². The van der Waals surface area contributed by atoms with Crippen LogP contribution in [0.3, 0.4) is 0 Å². The summed E-state index contributed by atoms with van der Waals surface area (Å²) in [6.45, 7) is 2.08. The summed E-state index contributed by atoms with van der Waals surface area (Å²) in [4.78, 5) is 7.16. The van der Waals surface area contributed by atoms with Crippen molar-refractivity contribution in [3.05, 3.63) is 24.3 Å². The van der Waals surface area contributed by atoms with E-state index in [2.05, 4.69) is 16.9 Å².